The van der Waals surface area contributed by atoms with Gasteiger partial charge in [0.2, 0.25) is 0 Å². The molecule has 0 amide bonds. The summed E-state index contributed by atoms with van der Waals surface area (Å²) in [7, 11) is 0. The van der Waals surface area contributed by atoms with E-state index in [0.29, 0.717) is 6.61 Å². The molecule has 19 heavy (non-hydrogen) atoms. The van der Waals surface area contributed by atoms with E-state index in [1.54, 1.807) is 6.92 Å². The topological polar surface area (TPSA) is 26.3 Å². The molecule has 1 aliphatic rings. The Labute approximate surface area is 114 Å². The highest BCUT2D eigenvalue weighted by Gasteiger charge is 2.15. The normalized spacial score (nSPS) is 10.8. The lowest BCUT2D eigenvalue weighted by molar-refractivity contribution is -0.140. The quantitative estimate of drug-likeness (QED) is 0.617. The molecule has 2 nitrogen and oxygen atoms in total. The van der Waals surface area contributed by atoms with E-state index in [9.17, 15) is 4.79 Å². The van der Waals surface area contributed by atoms with E-state index >= 15 is 0 Å². The Kier molecular flexibility index (Phi) is 4.35. The third-order valence-corrected chi connectivity index (χ3v) is 3.05. The van der Waals surface area contributed by atoms with Gasteiger partial charge in [0.05, 0.1) is 6.61 Å². The fourth-order valence-corrected chi connectivity index (χ4v) is 2.28. The van der Waals surface area contributed by atoms with Gasteiger partial charge in [0.1, 0.15) is 0 Å². The summed E-state index contributed by atoms with van der Waals surface area (Å²) in [6.45, 7) is 3.65. The van der Waals surface area contributed by atoms with Gasteiger partial charge in [-0.1, -0.05) is 48.5 Å². The van der Waals surface area contributed by atoms with Crippen molar-refractivity contribution in [1.29, 1.82) is 0 Å². The van der Waals surface area contributed by atoms with Crippen molar-refractivity contribution >= 4 is 5.97 Å². The molecule has 0 fully saturated rings. The van der Waals surface area contributed by atoms with E-state index < -0.39 is 0 Å². The Balaban J connectivity index is 0.000000192. The maximum Gasteiger partial charge on any atom is 0.302 e. The van der Waals surface area contributed by atoms with Crippen molar-refractivity contribution in [1.82, 2.24) is 0 Å². The number of ether oxygens (including phenoxy) is 1. The average molecular weight is 254 g/mol. The highest BCUT2D eigenvalue weighted by molar-refractivity contribution is 5.76. The average Bonchev–Trinajstić information content (AvgIpc) is 2.78. The van der Waals surface area contributed by atoms with Crippen molar-refractivity contribution < 1.29 is 9.53 Å². The fourth-order valence-electron chi connectivity index (χ4n) is 2.28. The van der Waals surface area contributed by atoms with Crippen molar-refractivity contribution in [2.24, 2.45) is 0 Å². The lowest BCUT2D eigenvalue weighted by atomic mass is 10.1. The number of hydrogen-bond donors (Lipinski definition) is 0. The van der Waals surface area contributed by atoms with E-state index in [-0.39, 0.29) is 5.97 Å². The van der Waals surface area contributed by atoms with Gasteiger partial charge in [-0.2, -0.15) is 0 Å². The molecule has 0 aromatic heterocycles. The van der Waals surface area contributed by atoms with E-state index in [2.05, 4.69) is 53.3 Å². The molecular formula is C17H18O2. The first-order valence-electron chi connectivity index (χ1n) is 6.52. The van der Waals surface area contributed by atoms with E-state index in [4.69, 9.17) is 0 Å². The molecule has 2 heteroatoms. The van der Waals surface area contributed by atoms with Crippen molar-refractivity contribution in [3.8, 4) is 11.1 Å². The van der Waals surface area contributed by atoms with Crippen molar-refractivity contribution in [3.63, 3.8) is 0 Å². The molecule has 0 spiro atoms. The molecule has 2 aromatic carbocycles. The van der Waals surface area contributed by atoms with E-state index in [0.717, 1.165) is 6.42 Å². The monoisotopic (exact) mass is 254 g/mol. The first kappa shape index (κ1) is 13.3. The van der Waals surface area contributed by atoms with Gasteiger partial charge in [0.15, 0.2) is 0 Å². The van der Waals surface area contributed by atoms with Crippen molar-refractivity contribution in [2.75, 3.05) is 6.61 Å². The lowest BCUT2D eigenvalue weighted by Crippen LogP contribution is -1.95. The summed E-state index contributed by atoms with van der Waals surface area (Å²) < 4.78 is 4.40. The van der Waals surface area contributed by atoms with Gasteiger partial charge in [0, 0.05) is 6.92 Å². The van der Waals surface area contributed by atoms with Crippen LogP contribution in [-0.4, -0.2) is 12.6 Å². The molecule has 3 rings (SSSR count). The van der Waals surface area contributed by atoms with Crippen LogP contribution in [0.2, 0.25) is 0 Å². The molecule has 1 aliphatic carbocycles. The van der Waals surface area contributed by atoms with Crippen LogP contribution < -0.4 is 0 Å². The first-order chi connectivity index (χ1) is 9.22. The van der Waals surface area contributed by atoms with E-state index in [1.807, 2.05) is 0 Å². The summed E-state index contributed by atoms with van der Waals surface area (Å²) >= 11 is 0. The minimum atomic E-state index is -0.211. The second-order valence-electron chi connectivity index (χ2n) is 4.42. The number of rotatable bonds is 1. The van der Waals surface area contributed by atoms with Crippen LogP contribution in [-0.2, 0) is 16.0 Å². The van der Waals surface area contributed by atoms with Gasteiger partial charge in [-0.05, 0) is 35.6 Å². The Morgan fingerprint density at radius 1 is 1.00 bits per heavy atom. The number of esters is 1. The summed E-state index contributed by atoms with van der Waals surface area (Å²) in [5.74, 6) is -0.211. The van der Waals surface area contributed by atoms with Gasteiger partial charge in [-0.15, -0.1) is 0 Å². The number of carbonyl (C=O) groups excluding carboxylic acids is 1. The molecule has 2 aromatic rings. The van der Waals surface area contributed by atoms with Crippen LogP contribution in [0.4, 0.5) is 0 Å². The minimum absolute atomic E-state index is 0.211. The Bertz CT molecular complexity index is 529. The van der Waals surface area contributed by atoms with Crippen LogP contribution in [0.3, 0.4) is 0 Å². The zero-order valence-corrected chi connectivity index (χ0v) is 11.3. The first-order valence-corrected chi connectivity index (χ1v) is 6.52. The van der Waals surface area contributed by atoms with Gasteiger partial charge < -0.3 is 4.74 Å². The minimum Gasteiger partial charge on any atom is -0.466 e. The van der Waals surface area contributed by atoms with Crippen LogP contribution in [0.1, 0.15) is 25.0 Å². The second-order valence-corrected chi connectivity index (χ2v) is 4.42. The van der Waals surface area contributed by atoms with Crippen LogP contribution in [0, 0.1) is 0 Å². The van der Waals surface area contributed by atoms with Crippen molar-refractivity contribution in [3.05, 3.63) is 59.7 Å². The second kappa shape index (κ2) is 6.19. The summed E-state index contributed by atoms with van der Waals surface area (Å²) in [6, 6.07) is 17.3. The van der Waals surface area contributed by atoms with Crippen LogP contribution >= 0.6 is 0 Å². The summed E-state index contributed by atoms with van der Waals surface area (Å²) in [6.07, 6.45) is 1.10. The fraction of sp³-hybridized carbons (Fsp3) is 0.235. The summed E-state index contributed by atoms with van der Waals surface area (Å²) in [5.41, 5.74) is 5.75. The van der Waals surface area contributed by atoms with Crippen LogP contribution in [0.15, 0.2) is 48.5 Å². The molecule has 0 saturated carbocycles. The summed E-state index contributed by atoms with van der Waals surface area (Å²) in [4.78, 5) is 9.82. The molecule has 0 radical (unpaired) electrons. The number of benzene rings is 2. The van der Waals surface area contributed by atoms with Crippen molar-refractivity contribution in [2.45, 2.75) is 20.3 Å². The zero-order chi connectivity index (χ0) is 13.7. The third kappa shape index (κ3) is 3.22. The molecule has 0 heterocycles. The number of hydrogen-bond acceptors (Lipinski definition) is 2. The Morgan fingerprint density at radius 2 is 1.47 bits per heavy atom. The van der Waals surface area contributed by atoms with Crippen LogP contribution in [0.5, 0.6) is 0 Å². The molecule has 0 unspecified atom stereocenters. The van der Waals surface area contributed by atoms with Gasteiger partial charge in [-0.3, -0.25) is 4.79 Å². The maximum absolute atomic E-state index is 9.82. The Morgan fingerprint density at radius 3 is 1.84 bits per heavy atom. The summed E-state index contributed by atoms with van der Waals surface area (Å²) in [5, 5.41) is 0. The number of fused-ring (bicyclic) bond motifs is 3. The molecule has 0 N–H and O–H groups in total. The lowest BCUT2D eigenvalue weighted by Gasteiger charge is -1.98. The molecule has 0 saturated heterocycles. The van der Waals surface area contributed by atoms with Gasteiger partial charge in [-0.25, -0.2) is 0 Å². The highest BCUT2D eigenvalue weighted by Crippen LogP contribution is 2.35. The zero-order valence-electron chi connectivity index (χ0n) is 11.3. The highest BCUT2D eigenvalue weighted by atomic mass is 16.5. The smallest absolute Gasteiger partial charge is 0.302 e. The van der Waals surface area contributed by atoms with Crippen LogP contribution in [0.25, 0.3) is 11.1 Å². The van der Waals surface area contributed by atoms with Gasteiger partial charge >= 0.3 is 5.97 Å². The van der Waals surface area contributed by atoms with Gasteiger partial charge in [0.25, 0.3) is 0 Å². The third-order valence-electron chi connectivity index (χ3n) is 3.05. The predicted molar refractivity (Wildman–Crippen MR) is 77.0 cm³/mol. The molecular weight excluding hydrogens is 236 g/mol. The largest absolute Gasteiger partial charge is 0.466 e. The SMILES string of the molecule is CCOC(C)=O.c1ccc2c(c1)Cc1ccccc1-2. The number of carbonyl (C=O) groups is 1. The Hall–Kier alpha value is -2.09. The molecule has 98 valence electrons. The standard InChI is InChI=1S/C13H10.C4H8O2/c1-3-7-12-10(5-1)9-11-6-2-4-8-13(11)12;1-3-6-4(2)5/h1-8H,9H2;3H2,1-2H3. The molecule has 0 aliphatic heterocycles. The predicted octanol–water partition coefficient (Wildman–Crippen LogP) is 3.83. The molecule has 0 bridgehead atoms. The maximum atomic E-state index is 9.82. The van der Waals surface area contributed by atoms with E-state index in [1.165, 1.54) is 29.2 Å². The molecule has 0 atom stereocenters.